The molecule has 1 atom stereocenters. The summed E-state index contributed by atoms with van der Waals surface area (Å²) < 4.78 is 38.7. The predicted octanol–water partition coefficient (Wildman–Crippen LogP) is 1.61. The molecule has 8 heteroatoms. The fraction of sp³-hybridized carbons (Fsp3) is 0.533. The van der Waals surface area contributed by atoms with Gasteiger partial charge in [-0.1, -0.05) is 18.2 Å². The number of piperidine rings is 1. The second kappa shape index (κ2) is 7.27. The minimum absolute atomic E-state index is 0.141. The van der Waals surface area contributed by atoms with Crippen LogP contribution in [-0.2, 0) is 10.0 Å². The van der Waals surface area contributed by atoms with Crippen LogP contribution in [0.1, 0.15) is 31.4 Å². The van der Waals surface area contributed by atoms with Crippen molar-refractivity contribution >= 4 is 16.1 Å². The van der Waals surface area contributed by atoms with Gasteiger partial charge in [0.2, 0.25) is 10.0 Å². The van der Waals surface area contributed by atoms with E-state index in [1.54, 1.807) is 30.0 Å². The van der Waals surface area contributed by atoms with Crippen molar-refractivity contribution in [2.24, 2.45) is 0 Å². The number of hydrogen-bond acceptors (Lipinski definition) is 3. The number of hydrogen-bond donors (Lipinski definition) is 2. The number of carbonyl (C=O) groups is 1. The number of nitrogens with zero attached hydrogens (tertiary/aromatic N) is 1. The summed E-state index contributed by atoms with van der Waals surface area (Å²) in [7, 11) is -3.23. The van der Waals surface area contributed by atoms with Crippen LogP contribution < -0.4 is 10.0 Å². The van der Waals surface area contributed by atoms with Gasteiger partial charge >= 0.3 is 6.03 Å². The molecule has 2 amide bonds. The molecule has 23 heavy (non-hydrogen) atoms. The molecule has 1 aromatic carbocycles. The molecule has 0 aliphatic carbocycles. The second-order valence-electron chi connectivity index (χ2n) is 5.84. The second-order valence-corrected chi connectivity index (χ2v) is 7.62. The lowest BCUT2D eigenvalue weighted by molar-refractivity contribution is 0.177. The lowest BCUT2D eigenvalue weighted by atomic mass is 10.1. The molecule has 1 saturated heterocycles. The first-order chi connectivity index (χ1) is 10.8. The number of rotatable bonds is 4. The van der Waals surface area contributed by atoms with Crippen LogP contribution in [0.15, 0.2) is 24.3 Å². The van der Waals surface area contributed by atoms with Gasteiger partial charge in [-0.25, -0.2) is 22.3 Å². The average Bonchev–Trinajstić information content (AvgIpc) is 2.46. The zero-order valence-electron chi connectivity index (χ0n) is 13.3. The number of amides is 2. The number of carbonyl (C=O) groups excluding carboxylic acids is 1. The van der Waals surface area contributed by atoms with E-state index in [9.17, 15) is 17.6 Å². The van der Waals surface area contributed by atoms with E-state index in [4.69, 9.17) is 0 Å². The first-order valence-electron chi connectivity index (χ1n) is 7.53. The Kier molecular flexibility index (Phi) is 5.59. The van der Waals surface area contributed by atoms with Crippen LogP contribution in [0.5, 0.6) is 0 Å². The van der Waals surface area contributed by atoms with Crippen molar-refractivity contribution in [3.05, 3.63) is 35.6 Å². The SMILES string of the molecule is C[C@@H](NC(=O)N1CCC(NS(C)(=O)=O)CC1)c1ccccc1F. The summed E-state index contributed by atoms with van der Waals surface area (Å²) >= 11 is 0. The zero-order chi connectivity index (χ0) is 17.0. The standard InChI is InChI=1S/C15H22FN3O3S/c1-11(13-5-3-4-6-14(13)16)17-15(20)19-9-7-12(8-10-19)18-23(2,21)22/h3-6,11-12,18H,7-10H2,1-2H3,(H,17,20)/t11-/m1/s1. The summed E-state index contributed by atoms with van der Waals surface area (Å²) in [6, 6.07) is 5.49. The van der Waals surface area contributed by atoms with Crippen LogP contribution in [0.2, 0.25) is 0 Å². The van der Waals surface area contributed by atoms with Crippen LogP contribution in [0, 0.1) is 5.82 Å². The predicted molar refractivity (Wildman–Crippen MR) is 85.9 cm³/mol. The van der Waals surface area contributed by atoms with Crippen molar-refractivity contribution in [2.75, 3.05) is 19.3 Å². The molecule has 2 N–H and O–H groups in total. The molecular weight excluding hydrogens is 321 g/mol. The highest BCUT2D eigenvalue weighted by Gasteiger charge is 2.25. The third-order valence-corrected chi connectivity index (χ3v) is 4.64. The Bertz CT molecular complexity index is 658. The molecule has 0 spiro atoms. The van der Waals surface area contributed by atoms with Gasteiger partial charge < -0.3 is 10.2 Å². The molecule has 0 saturated carbocycles. The highest BCUT2D eigenvalue weighted by Crippen LogP contribution is 2.17. The van der Waals surface area contributed by atoms with Gasteiger partial charge in [0.1, 0.15) is 5.82 Å². The molecular formula is C15H22FN3O3S. The molecule has 1 heterocycles. The van der Waals surface area contributed by atoms with Crippen molar-refractivity contribution in [1.29, 1.82) is 0 Å². The van der Waals surface area contributed by atoms with E-state index in [1.807, 2.05) is 0 Å². The minimum atomic E-state index is -3.23. The van der Waals surface area contributed by atoms with E-state index < -0.39 is 16.1 Å². The van der Waals surface area contributed by atoms with Crippen LogP contribution in [0.3, 0.4) is 0 Å². The summed E-state index contributed by atoms with van der Waals surface area (Å²) in [5.74, 6) is -0.351. The normalized spacial score (nSPS) is 17.8. The molecule has 2 rings (SSSR count). The smallest absolute Gasteiger partial charge is 0.317 e. The maximum atomic E-state index is 13.7. The van der Waals surface area contributed by atoms with Crippen LogP contribution in [0.25, 0.3) is 0 Å². The van der Waals surface area contributed by atoms with Crippen LogP contribution >= 0.6 is 0 Å². The molecule has 0 unspecified atom stereocenters. The topological polar surface area (TPSA) is 78.5 Å². The Hall–Kier alpha value is -1.67. The van der Waals surface area contributed by atoms with Gasteiger partial charge in [0.15, 0.2) is 0 Å². The first kappa shape index (κ1) is 17.7. The number of likely N-dealkylation sites (tertiary alicyclic amines) is 1. The number of nitrogens with one attached hydrogen (secondary N) is 2. The lowest BCUT2D eigenvalue weighted by Gasteiger charge is -2.32. The van der Waals surface area contributed by atoms with E-state index >= 15 is 0 Å². The molecule has 0 aromatic heterocycles. The summed E-state index contributed by atoms with van der Waals surface area (Å²) in [5.41, 5.74) is 0.439. The third kappa shape index (κ3) is 5.18. The Morgan fingerprint density at radius 1 is 1.30 bits per heavy atom. The highest BCUT2D eigenvalue weighted by atomic mass is 32.2. The molecule has 6 nitrogen and oxygen atoms in total. The van der Waals surface area contributed by atoms with Gasteiger partial charge in [-0.2, -0.15) is 0 Å². The van der Waals surface area contributed by atoms with E-state index in [2.05, 4.69) is 10.0 Å². The van der Waals surface area contributed by atoms with Crippen LogP contribution in [-0.4, -0.2) is 44.7 Å². The first-order valence-corrected chi connectivity index (χ1v) is 9.42. The van der Waals surface area contributed by atoms with Crippen molar-refractivity contribution in [3.63, 3.8) is 0 Å². The molecule has 0 bridgehead atoms. The summed E-state index contributed by atoms with van der Waals surface area (Å²) in [6.45, 7) is 2.65. The molecule has 1 aliphatic heterocycles. The monoisotopic (exact) mass is 343 g/mol. The molecule has 128 valence electrons. The van der Waals surface area contributed by atoms with E-state index in [0.717, 1.165) is 6.26 Å². The number of halogens is 1. The molecule has 1 fully saturated rings. The van der Waals surface area contributed by atoms with Crippen LogP contribution in [0.4, 0.5) is 9.18 Å². The average molecular weight is 343 g/mol. The maximum absolute atomic E-state index is 13.7. The summed E-state index contributed by atoms with van der Waals surface area (Å²) in [5, 5.41) is 2.78. The quantitative estimate of drug-likeness (QED) is 0.872. The van der Waals surface area contributed by atoms with Gasteiger partial charge in [0, 0.05) is 24.7 Å². The van der Waals surface area contributed by atoms with Gasteiger partial charge in [-0.05, 0) is 25.8 Å². The lowest BCUT2D eigenvalue weighted by Crippen LogP contribution is -2.49. The van der Waals surface area contributed by atoms with Crippen molar-refractivity contribution < 1.29 is 17.6 Å². The number of sulfonamides is 1. The minimum Gasteiger partial charge on any atom is -0.331 e. The Morgan fingerprint density at radius 3 is 2.48 bits per heavy atom. The summed E-state index contributed by atoms with van der Waals surface area (Å²) in [6.07, 6.45) is 2.26. The third-order valence-electron chi connectivity index (χ3n) is 3.87. The van der Waals surface area contributed by atoms with Crippen molar-refractivity contribution in [2.45, 2.75) is 31.8 Å². The fourth-order valence-corrected chi connectivity index (χ4v) is 3.52. The Labute approximate surface area is 136 Å². The van der Waals surface area contributed by atoms with Gasteiger partial charge in [-0.3, -0.25) is 0 Å². The number of urea groups is 1. The van der Waals surface area contributed by atoms with Gasteiger partial charge in [0.25, 0.3) is 0 Å². The zero-order valence-corrected chi connectivity index (χ0v) is 14.1. The van der Waals surface area contributed by atoms with Crippen molar-refractivity contribution in [3.8, 4) is 0 Å². The number of benzene rings is 1. The Balaban J connectivity index is 1.87. The Morgan fingerprint density at radius 2 is 1.91 bits per heavy atom. The molecule has 1 aliphatic rings. The summed E-state index contributed by atoms with van der Waals surface area (Å²) in [4.78, 5) is 13.9. The fourth-order valence-electron chi connectivity index (χ4n) is 2.68. The van der Waals surface area contributed by atoms with Gasteiger partial charge in [-0.15, -0.1) is 0 Å². The van der Waals surface area contributed by atoms with E-state index in [-0.39, 0.29) is 17.9 Å². The highest BCUT2D eigenvalue weighted by molar-refractivity contribution is 7.88. The van der Waals surface area contributed by atoms with Crippen molar-refractivity contribution in [1.82, 2.24) is 14.9 Å². The maximum Gasteiger partial charge on any atom is 0.317 e. The van der Waals surface area contributed by atoms with Gasteiger partial charge in [0.05, 0.1) is 12.3 Å². The molecule has 1 aromatic rings. The van der Waals surface area contributed by atoms with E-state index in [0.29, 0.717) is 31.5 Å². The molecule has 0 radical (unpaired) electrons. The largest absolute Gasteiger partial charge is 0.331 e. The van der Waals surface area contributed by atoms with E-state index in [1.165, 1.54) is 6.07 Å².